The number of hydrogen-bond donors (Lipinski definition) is 2. The van der Waals surface area contributed by atoms with E-state index in [0.29, 0.717) is 29.3 Å². The van der Waals surface area contributed by atoms with Crippen LogP contribution in [0.1, 0.15) is 42.4 Å². The van der Waals surface area contributed by atoms with Crippen molar-refractivity contribution in [3.05, 3.63) is 82.6 Å². The number of nitrogens with one attached hydrogen (secondary N) is 2. The van der Waals surface area contributed by atoms with Crippen molar-refractivity contribution in [2.75, 3.05) is 24.3 Å². The van der Waals surface area contributed by atoms with Gasteiger partial charge in [0.2, 0.25) is 0 Å². The quantitative estimate of drug-likeness (QED) is 0.479. The monoisotopic (exact) mass is 437 g/mol. The van der Waals surface area contributed by atoms with Gasteiger partial charge in [-0.1, -0.05) is 44.5 Å². The molecule has 2 aromatic carbocycles. The van der Waals surface area contributed by atoms with Crippen LogP contribution in [0.25, 0.3) is 0 Å². The molecule has 0 atom stereocenters. The van der Waals surface area contributed by atoms with Gasteiger partial charge >= 0.3 is 0 Å². The molecule has 0 spiro atoms. The fourth-order valence-corrected chi connectivity index (χ4v) is 3.38. The zero-order valence-electron chi connectivity index (χ0n) is 18.3. The standard InChI is InChI=1S/C25H28ClN3O2/c1-25(2,3)18-8-10-19(11-9-18)29-24(30)17-7-12-23(31-4)22(16-17)28-15-13-21-20(26)6-5-14-27-21/h5-12,14,16,28H,13,15H2,1-4H3,(H,29,30). The number of halogens is 1. The highest BCUT2D eigenvalue weighted by Crippen LogP contribution is 2.27. The summed E-state index contributed by atoms with van der Waals surface area (Å²) in [6, 6.07) is 16.9. The van der Waals surface area contributed by atoms with E-state index in [1.807, 2.05) is 30.3 Å². The molecule has 162 valence electrons. The second-order valence-corrected chi connectivity index (χ2v) is 8.71. The highest BCUT2D eigenvalue weighted by atomic mass is 35.5. The van der Waals surface area contributed by atoms with Crippen LogP contribution in [-0.4, -0.2) is 24.5 Å². The first-order chi connectivity index (χ1) is 14.8. The Hall–Kier alpha value is -3.05. The fourth-order valence-electron chi connectivity index (χ4n) is 3.16. The van der Waals surface area contributed by atoms with Gasteiger partial charge < -0.3 is 15.4 Å². The number of nitrogens with zero attached hydrogens (tertiary/aromatic N) is 1. The Morgan fingerprint density at radius 1 is 1.10 bits per heavy atom. The normalized spacial score (nSPS) is 11.1. The maximum absolute atomic E-state index is 12.8. The van der Waals surface area contributed by atoms with Crippen LogP contribution < -0.4 is 15.4 Å². The number of hydrogen-bond acceptors (Lipinski definition) is 4. The minimum Gasteiger partial charge on any atom is -0.495 e. The summed E-state index contributed by atoms with van der Waals surface area (Å²) in [7, 11) is 1.60. The van der Waals surface area contributed by atoms with Crippen molar-refractivity contribution >= 4 is 28.9 Å². The van der Waals surface area contributed by atoms with Crippen molar-refractivity contribution in [2.24, 2.45) is 0 Å². The predicted molar refractivity (Wildman–Crippen MR) is 128 cm³/mol. The molecule has 0 saturated heterocycles. The van der Waals surface area contributed by atoms with Crippen LogP contribution >= 0.6 is 11.6 Å². The van der Waals surface area contributed by atoms with E-state index < -0.39 is 0 Å². The molecule has 1 aromatic heterocycles. The zero-order valence-corrected chi connectivity index (χ0v) is 19.1. The Morgan fingerprint density at radius 2 is 1.84 bits per heavy atom. The molecular weight excluding hydrogens is 410 g/mol. The van der Waals surface area contributed by atoms with Crippen LogP contribution in [0.15, 0.2) is 60.8 Å². The smallest absolute Gasteiger partial charge is 0.255 e. The van der Waals surface area contributed by atoms with E-state index in [9.17, 15) is 4.79 Å². The molecule has 1 amide bonds. The van der Waals surface area contributed by atoms with Crippen molar-refractivity contribution in [2.45, 2.75) is 32.6 Å². The van der Waals surface area contributed by atoms with Gasteiger partial charge in [-0.25, -0.2) is 0 Å². The van der Waals surface area contributed by atoms with E-state index in [2.05, 4.69) is 36.4 Å². The summed E-state index contributed by atoms with van der Waals surface area (Å²) >= 11 is 6.18. The molecule has 1 heterocycles. The average molecular weight is 438 g/mol. The Labute approximate surface area is 188 Å². The van der Waals surface area contributed by atoms with Gasteiger partial charge in [0.05, 0.1) is 23.5 Å². The minimum absolute atomic E-state index is 0.0680. The summed E-state index contributed by atoms with van der Waals surface area (Å²) in [5, 5.41) is 6.92. The third-order valence-corrected chi connectivity index (χ3v) is 5.33. The molecule has 0 radical (unpaired) electrons. The number of amides is 1. The average Bonchev–Trinajstić information content (AvgIpc) is 2.74. The summed E-state index contributed by atoms with van der Waals surface area (Å²) in [6.07, 6.45) is 2.38. The predicted octanol–water partition coefficient (Wildman–Crippen LogP) is 5.95. The summed E-state index contributed by atoms with van der Waals surface area (Å²) in [5.74, 6) is 0.486. The van der Waals surface area contributed by atoms with Crippen LogP contribution in [0.5, 0.6) is 5.75 Å². The number of benzene rings is 2. The molecule has 0 fully saturated rings. The van der Waals surface area contributed by atoms with Crippen molar-refractivity contribution in [1.82, 2.24) is 4.98 Å². The summed E-state index contributed by atoms with van der Waals surface area (Å²) in [5.41, 5.74) is 4.15. The lowest BCUT2D eigenvalue weighted by molar-refractivity contribution is 0.102. The van der Waals surface area contributed by atoms with Crippen LogP contribution in [0.3, 0.4) is 0 Å². The van der Waals surface area contributed by atoms with Crippen LogP contribution in [0.2, 0.25) is 5.02 Å². The second kappa shape index (κ2) is 9.84. The van der Waals surface area contributed by atoms with Gasteiger partial charge in [-0.3, -0.25) is 9.78 Å². The number of ether oxygens (including phenoxy) is 1. The molecule has 0 bridgehead atoms. The SMILES string of the molecule is COc1ccc(C(=O)Nc2ccc(C(C)(C)C)cc2)cc1NCCc1ncccc1Cl. The van der Waals surface area contributed by atoms with Crippen molar-refractivity contribution in [3.63, 3.8) is 0 Å². The van der Waals surface area contributed by atoms with Crippen LogP contribution in [0.4, 0.5) is 11.4 Å². The fraction of sp³-hybridized carbons (Fsp3) is 0.280. The summed E-state index contributed by atoms with van der Waals surface area (Å²) < 4.78 is 5.43. The summed E-state index contributed by atoms with van der Waals surface area (Å²) in [6.45, 7) is 7.09. The highest BCUT2D eigenvalue weighted by Gasteiger charge is 2.14. The van der Waals surface area contributed by atoms with Crippen molar-refractivity contribution in [3.8, 4) is 5.75 Å². The molecule has 5 nitrogen and oxygen atoms in total. The van der Waals surface area contributed by atoms with Gasteiger partial charge in [0.1, 0.15) is 5.75 Å². The number of carbonyl (C=O) groups excluding carboxylic acids is 1. The van der Waals surface area contributed by atoms with E-state index in [-0.39, 0.29) is 11.3 Å². The minimum atomic E-state index is -0.179. The molecule has 6 heteroatoms. The van der Waals surface area contributed by atoms with E-state index in [4.69, 9.17) is 16.3 Å². The molecule has 31 heavy (non-hydrogen) atoms. The first-order valence-electron chi connectivity index (χ1n) is 10.2. The molecule has 3 rings (SSSR count). The summed E-state index contributed by atoms with van der Waals surface area (Å²) in [4.78, 5) is 17.1. The van der Waals surface area contributed by atoms with Crippen molar-refractivity contribution in [1.29, 1.82) is 0 Å². The largest absolute Gasteiger partial charge is 0.495 e. The number of pyridine rings is 1. The Kier molecular flexibility index (Phi) is 7.18. The lowest BCUT2D eigenvalue weighted by Gasteiger charge is -2.19. The zero-order chi connectivity index (χ0) is 22.4. The second-order valence-electron chi connectivity index (χ2n) is 8.31. The number of carbonyl (C=O) groups is 1. The maximum Gasteiger partial charge on any atom is 0.255 e. The van der Waals surface area contributed by atoms with E-state index in [0.717, 1.165) is 17.1 Å². The van der Waals surface area contributed by atoms with Gasteiger partial charge in [-0.05, 0) is 53.4 Å². The molecular formula is C25H28ClN3O2. The Balaban J connectivity index is 1.68. The number of methoxy groups -OCH3 is 1. The number of aromatic nitrogens is 1. The Morgan fingerprint density at radius 3 is 2.48 bits per heavy atom. The van der Waals surface area contributed by atoms with Crippen LogP contribution in [0, 0.1) is 0 Å². The van der Waals surface area contributed by atoms with Crippen LogP contribution in [-0.2, 0) is 11.8 Å². The molecule has 0 aliphatic carbocycles. The van der Waals surface area contributed by atoms with Gasteiger partial charge in [0, 0.05) is 30.4 Å². The molecule has 2 N–H and O–H groups in total. The van der Waals surface area contributed by atoms with Gasteiger partial charge in [0.25, 0.3) is 5.91 Å². The topological polar surface area (TPSA) is 63.2 Å². The molecule has 0 aliphatic heterocycles. The molecule has 3 aromatic rings. The first kappa shape index (κ1) is 22.6. The van der Waals surface area contributed by atoms with Gasteiger partial charge in [0.15, 0.2) is 0 Å². The van der Waals surface area contributed by atoms with E-state index >= 15 is 0 Å². The van der Waals surface area contributed by atoms with Gasteiger partial charge in [-0.15, -0.1) is 0 Å². The first-order valence-corrected chi connectivity index (χ1v) is 10.6. The molecule has 0 unspecified atom stereocenters. The lowest BCUT2D eigenvalue weighted by Crippen LogP contribution is -2.14. The molecule has 0 saturated carbocycles. The van der Waals surface area contributed by atoms with E-state index in [1.54, 1.807) is 37.6 Å². The highest BCUT2D eigenvalue weighted by molar-refractivity contribution is 6.31. The van der Waals surface area contributed by atoms with Gasteiger partial charge in [-0.2, -0.15) is 0 Å². The number of rotatable bonds is 7. The molecule has 0 aliphatic rings. The third-order valence-electron chi connectivity index (χ3n) is 4.98. The number of anilines is 2. The van der Waals surface area contributed by atoms with Crippen molar-refractivity contribution < 1.29 is 9.53 Å². The lowest BCUT2D eigenvalue weighted by atomic mass is 9.87. The maximum atomic E-state index is 12.8. The van der Waals surface area contributed by atoms with E-state index in [1.165, 1.54) is 5.56 Å². The third kappa shape index (κ3) is 5.98. The Bertz CT molecular complexity index is 1040.